The summed E-state index contributed by atoms with van der Waals surface area (Å²) in [6.07, 6.45) is 2.86. The number of nitrogens with one attached hydrogen (secondary N) is 1. The van der Waals surface area contributed by atoms with Crippen molar-refractivity contribution in [1.82, 2.24) is 4.98 Å². The Morgan fingerprint density at radius 1 is 1.65 bits per heavy atom. The molecule has 0 saturated heterocycles. The van der Waals surface area contributed by atoms with Gasteiger partial charge in [0, 0.05) is 17.1 Å². The number of nitrogens with two attached hydrogens (primary N) is 1. The number of rotatable bonds is 3. The number of benzene rings is 1. The predicted octanol–water partition coefficient (Wildman–Crippen LogP) is 2.45. The Morgan fingerprint density at radius 2 is 2.35 bits per heavy atom. The lowest BCUT2D eigenvalue weighted by atomic mass is 10.0. The van der Waals surface area contributed by atoms with Gasteiger partial charge in [-0.25, -0.2) is 4.39 Å². The van der Waals surface area contributed by atoms with Gasteiger partial charge in [-0.15, -0.1) is 0 Å². The van der Waals surface area contributed by atoms with E-state index in [1.807, 2.05) is 6.92 Å². The quantitative estimate of drug-likeness (QED) is 0.855. The zero-order chi connectivity index (χ0) is 12.6. The molecule has 17 heavy (non-hydrogen) atoms. The zero-order valence-electron chi connectivity index (χ0n) is 9.26. The highest BCUT2D eigenvalue weighted by Crippen LogP contribution is 2.32. The molecule has 0 bridgehead atoms. The van der Waals surface area contributed by atoms with E-state index in [-0.39, 0.29) is 5.82 Å². The van der Waals surface area contributed by atoms with Crippen LogP contribution in [-0.4, -0.2) is 17.3 Å². The Kier molecular flexibility index (Phi) is 3.31. The fourth-order valence-electron chi connectivity index (χ4n) is 1.93. The van der Waals surface area contributed by atoms with Gasteiger partial charge in [0.1, 0.15) is 12.1 Å². The van der Waals surface area contributed by atoms with E-state index in [1.165, 1.54) is 6.07 Å². The van der Waals surface area contributed by atoms with Gasteiger partial charge in [0.05, 0.1) is 10.5 Å². The molecule has 0 amide bonds. The van der Waals surface area contributed by atoms with Crippen LogP contribution in [0.5, 0.6) is 0 Å². The van der Waals surface area contributed by atoms with Crippen LogP contribution in [0.3, 0.4) is 0 Å². The van der Waals surface area contributed by atoms with Gasteiger partial charge in [-0.3, -0.25) is 0 Å². The summed E-state index contributed by atoms with van der Waals surface area (Å²) in [5.74, 6) is -0.310. The zero-order valence-corrected chi connectivity index (χ0v) is 10.8. The first-order chi connectivity index (χ1) is 8.04. The van der Waals surface area contributed by atoms with E-state index < -0.39 is 6.04 Å². The van der Waals surface area contributed by atoms with Crippen molar-refractivity contribution in [3.05, 3.63) is 33.7 Å². The first-order valence-electron chi connectivity index (χ1n) is 5.20. The monoisotopic (exact) mass is 298 g/mol. The van der Waals surface area contributed by atoms with E-state index in [9.17, 15) is 9.18 Å². The highest BCUT2D eigenvalue weighted by atomic mass is 79.9. The number of aldehydes is 1. The molecule has 3 N–H and O–H groups in total. The van der Waals surface area contributed by atoms with Crippen molar-refractivity contribution >= 4 is 33.1 Å². The topological polar surface area (TPSA) is 58.9 Å². The van der Waals surface area contributed by atoms with Gasteiger partial charge in [-0.05, 0) is 46.5 Å². The summed E-state index contributed by atoms with van der Waals surface area (Å²) in [5, 5.41) is 0.764. The molecule has 90 valence electrons. The molecule has 0 saturated carbocycles. The van der Waals surface area contributed by atoms with Crippen molar-refractivity contribution in [3.8, 4) is 0 Å². The van der Waals surface area contributed by atoms with E-state index in [1.54, 1.807) is 6.20 Å². The Labute approximate surface area is 106 Å². The third kappa shape index (κ3) is 2.12. The Hall–Kier alpha value is -1.20. The van der Waals surface area contributed by atoms with Gasteiger partial charge >= 0.3 is 0 Å². The van der Waals surface area contributed by atoms with Gasteiger partial charge in [0.25, 0.3) is 0 Å². The van der Waals surface area contributed by atoms with Crippen molar-refractivity contribution in [2.24, 2.45) is 5.73 Å². The third-order valence-corrected chi connectivity index (χ3v) is 3.53. The van der Waals surface area contributed by atoms with Crippen LogP contribution in [0.15, 0.2) is 16.7 Å². The average molecular weight is 299 g/mol. The summed E-state index contributed by atoms with van der Waals surface area (Å²) in [4.78, 5) is 13.7. The summed E-state index contributed by atoms with van der Waals surface area (Å²) >= 11 is 3.23. The van der Waals surface area contributed by atoms with Crippen molar-refractivity contribution in [2.45, 2.75) is 19.4 Å². The van der Waals surface area contributed by atoms with Crippen LogP contribution < -0.4 is 5.73 Å². The fraction of sp³-hybridized carbons (Fsp3) is 0.250. The maximum Gasteiger partial charge on any atom is 0.138 e. The number of carbonyl (C=O) groups excluding carboxylic acids is 1. The van der Waals surface area contributed by atoms with E-state index >= 15 is 0 Å². The molecule has 0 spiro atoms. The summed E-state index contributed by atoms with van der Waals surface area (Å²) in [6.45, 7) is 1.83. The number of halogens is 2. The van der Waals surface area contributed by atoms with Gasteiger partial charge in [-0.1, -0.05) is 0 Å². The van der Waals surface area contributed by atoms with Crippen LogP contribution in [0.25, 0.3) is 10.9 Å². The number of fused-ring (bicyclic) bond motifs is 1. The minimum atomic E-state index is -0.565. The molecule has 2 rings (SSSR count). The van der Waals surface area contributed by atoms with Crippen LogP contribution in [0, 0.1) is 12.7 Å². The van der Waals surface area contributed by atoms with Crippen molar-refractivity contribution in [1.29, 1.82) is 0 Å². The highest BCUT2D eigenvalue weighted by Gasteiger charge is 2.15. The summed E-state index contributed by atoms with van der Waals surface area (Å²) in [7, 11) is 0. The second-order valence-electron chi connectivity index (χ2n) is 4.06. The Balaban J connectivity index is 2.62. The lowest BCUT2D eigenvalue weighted by Crippen LogP contribution is -2.23. The molecule has 2 aromatic rings. The van der Waals surface area contributed by atoms with Gasteiger partial charge in [0.2, 0.25) is 0 Å². The molecule has 1 aromatic heterocycles. The number of hydrogen-bond donors (Lipinski definition) is 2. The molecule has 0 unspecified atom stereocenters. The molecule has 0 aliphatic carbocycles. The maximum absolute atomic E-state index is 13.6. The Morgan fingerprint density at radius 3 is 3.00 bits per heavy atom. The molecule has 1 heterocycles. The Bertz CT molecular complexity index is 579. The van der Waals surface area contributed by atoms with Crippen molar-refractivity contribution in [2.75, 3.05) is 0 Å². The summed E-state index contributed by atoms with van der Waals surface area (Å²) in [6, 6.07) is 0.899. The van der Waals surface area contributed by atoms with Crippen LogP contribution in [0.4, 0.5) is 4.39 Å². The first-order valence-corrected chi connectivity index (χ1v) is 5.99. The SMILES string of the molecule is Cc1cc(F)c(Br)c2c(C[C@H](N)C=O)c[nH]c12. The summed E-state index contributed by atoms with van der Waals surface area (Å²) < 4.78 is 14.0. The van der Waals surface area contributed by atoms with Crippen LogP contribution >= 0.6 is 15.9 Å². The lowest BCUT2D eigenvalue weighted by molar-refractivity contribution is -0.108. The largest absolute Gasteiger partial charge is 0.361 e. The van der Waals surface area contributed by atoms with Crippen molar-refractivity contribution in [3.63, 3.8) is 0 Å². The smallest absolute Gasteiger partial charge is 0.138 e. The molecule has 1 atom stereocenters. The van der Waals surface area contributed by atoms with Gasteiger partial charge in [-0.2, -0.15) is 0 Å². The summed E-state index contributed by atoms with van der Waals surface area (Å²) in [5.41, 5.74) is 8.12. The molecule has 0 radical (unpaired) electrons. The number of carbonyl (C=O) groups is 1. The van der Waals surface area contributed by atoms with Crippen LogP contribution in [0.1, 0.15) is 11.1 Å². The maximum atomic E-state index is 13.6. The van der Waals surface area contributed by atoms with Crippen molar-refractivity contribution < 1.29 is 9.18 Å². The molecule has 1 aromatic carbocycles. The average Bonchev–Trinajstić information content (AvgIpc) is 2.70. The third-order valence-electron chi connectivity index (χ3n) is 2.76. The minimum absolute atomic E-state index is 0.310. The number of hydrogen-bond acceptors (Lipinski definition) is 2. The van der Waals surface area contributed by atoms with E-state index in [2.05, 4.69) is 20.9 Å². The van der Waals surface area contributed by atoms with Crippen LogP contribution in [0.2, 0.25) is 0 Å². The molecular formula is C12H12BrFN2O. The van der Waals surface area contributed by atoms with E-state index in [4.69, 9.17) is 5.73 Å². The number of H-pyrrole nitrogens is 1. The number of aryl methyl sites for hydroxylation is 1. The molecule has 5 heteroatoms. The lowest BCUT2D eigenvalue weighted by Gasteiger charge is -2.06. The van der Waals surface area contributed by atoms with Gasteiger partial charge in [0.15, 0.2) is 0 Å². The number of aromatic amines is 1. The normalized spacial score (nSPS) is 12.9. The number of aromatic nitrogens is 1. The second-order valence-corrected chi connectivity index (χ2v) is 4.85. The predicted molar refractivity (Wildman–Crippen MR) is 68.4 cm³/mol. The fourth-order valence-corrected chi connectivity index (χ4v) is 2.50. The second kappa shape index (κ2) is 4.58. The van der Waals surface area contributed by atoms with Crippen LogP contribution in [-0.2, 0) is 11.2 Å². The highest BCUT2D eigenvalue weighted by molar-refractivity contribution is 9.10. The molecule has 0 aliphatic rings. The first kappa shape index (κ1) is 12.3. The van der Waals surface area contributed by atoms with E-state index in [0.717, 1.165) is 22.0 Å². The standard InChI is InChI=1S/C12H12BrFN2O/c1-6-2-9(14)11(13)10-7(3-8(15)5-17)4-16-12(6)10/h2,4-5,8,16H,3,15H2,1H3/t8-/m0/s1. The van der Waals surface area contributed by atoms with Gasteiger partial charge < -0.3 is 15.5 Å². The molecule has 3 nitrogen and oxygen atoms in total. The molecule has 0 aliphatic heterocycles. The minimum Gasteiger partial charge on any atom is -0.361 e. The molecular weight excluding hydrogens is 287 g/mol. The van der Waals surface area contributed by atoms with E-state index in [0.29, 0.717) is 17.2 Å². The molecule has 0 fully saturated rings.